The van der Waals surface area contributed by atoms with Gasteiger partial charge in [-0.15, -0.1) is 11.8 Å². The van der Waals surface area contributed by atoms with Gasteiger partial charge >= 0.3 is 0 Å². The fourth-order valence-corrected chi connectivity index (χ4v) is 4.28. The van der Waals surface area contributed by atoms with E-state index in [9.17, 15) is 4.79 Å². The molecule has 136 valence electrons. The molecule has 0 unspecified atom stereocenters. The fourth-order valence-electron chi connectivity index (χ4n) is 3.43. The molecule has 0 saturated heterocycles. The molecule has 5 heteroatoms. The maximum absolute atomic E-state index is 12.2. The number of para-hydroxylation sites is 1. The lowest BCUT2D eigenvalue weighted by Gasteiger charge is -2.28. The first-order valence-electron chi connectivity index (χ1n) is 9.01. The third kappa shape index (κ3) is 3.74. The average molecular weight is 375 g/mol. The standard InChI is InChI=1S/C22H21N3OS/c1-15-5-3-8-20(24-15)27-14-16-11-18(13-23-12-16)19-7-4-6-17-9-10-21(26)25(2)22(17)19/h3-8,11-13H,9-10,14H2,1-2H3. The Bertz CT molecular complexity index is 1000. The Kier molecular flexibility index (Phi) is 4.94. The van der Waals surface area contributed by atoms with Crippen molar-refractivity contribution in [1.29, 1.82) is 0 Å². The van der Waals surface area contributed by atoms with Crippen molar-refractivity contribution in [3.63, 3.8) is 0 Å². The van der Waals surface area contributed by atoms with Crippen LogP contribution in [0.2, 0.25) is 0 Å². The summed E-state index contributed by atoms with van der Waals surface area (Å²) in [7, 11) is 1.86. The topological polar surface area (TPSA) is 46.1 Å². The number of hydrogen-bond donors (Lipinski definition) is 0. The van der Waals surface area contributed by atoms with Gasteiger partial charge in [0.05, 0.1) is 10.7 Å². The van der Waals surface area contributed by atoms with Crippen LogP contribution in [0, 0.1) is 6.92 Å². The Morgan fingerprint density at radius 1 is 1.11 bits per heavy atom. The quantitative estimate of drug-likeness (QED) is 0.623. The van der Waals surface area contributed by atoms with E-state index in [1.54, 1.807) is 16.7 Å². The van der Waals surface area contributed by atoms with Crippen LogP contribution in [0.4, 0.5) is 5.69 Å². The Morgan fingerprint density at radius 3 is 2.81 bits per heavy atom. The maximum Gasteiger partial charge on any atom is 0.227 e. The monoisotopic (exact) mass is 375 g/mol. The minimum Gasteiger partial charge on any atom is -0.315 e. The number of aryl methyl sites for hydroxylation is 2. The van der Waals surface area contributed by atoms with Crippen molar-refractivity contribution in [2.75, 3.05) is 11.9 Å². The highest BCUT2D eigenvalue weighted by Crippen LogP contribution is 2.37. The van der Waals surface area contributed by atoms with Gasteiger partial charge < -0.3 is 4.90 Å². The first-order valence-corrected chi connectivity index (χ1v) is 9.99. The van der Waals surface area contributed by atoms with Crippen molar-refractivity contribution >= 4 is 23.4 Å². The molecule has 0 saturated carbocycles. The molecule has 4 nitrogen and oxygen atoms in total. The van der Waals surface area contributed by atoms with E-state index >= 15 is 0 Å². The molecule has 3 aromatic rings. The normalized spacial score (nSPS) is 13.6. The average Bonchev–Trinajstić information content (AvgIpc) is 2.69. The van der Waals surface area contributed by atoms with Gasteiger partial charge in [0, 0.05) is 48.4 Å². The molecule has 0 N–H and O–H groups in total. The summed E-state index contributed by atoms with van der Waals surface area (Å²) in [5, 5.41) is 1.02. The second-order valence-electron chi connectivity index (χ2n) is 6.75. The van der Waals surface area contributed by atoms with Crippen LogP contribution < -0.4 is 4.90 Å². The summed E-state index contributed by atoms with van der Waals surface area (Å²) in [5.41, 5.74) is 6.51. The van der Waals surface area contributed by atoms with Crippen LogP contribution in [0.5, 0.6) is 0 Å². The number of carbonyl (C=O) groups is 1. The van der Waals surface area contributed by atoms with Crippen LogP contribution in [-0.4, -0.2) is 22.9 Å². The van der Waals surface area contributed by atoms with Crippen LogP contribution in [0.3, 0.4) is 0 Å². The van der Waals surface area contributed by atoms with E-state index in [-0.39, 0.29) is 5.91 Å². The predicted molar refractivity (Wildman–Crippen MR) is 110 cm³/mol. The molecule has 0 radical (unpaired) electrons. The van der Waals surface area contributed by atoms with E-state index in [0.717, 1.165) is 45.3 Å². The van der Waals surface area contributed by atoms with Gasteiger partial charge in [0.1, 0.15) is 0 Å². The zero-order valence-electron chi connectivity index (χ0n) is 15.5. The molecular weight excluding hydrogens is 354 g/mol. The number of rotatable bonds is 4. The van der Waals surface area contributed by atoms with E-state index in [1.165, 1.54) is 5.56 Å². The summed E-state index contributed by atoms with van der Waals surface area (Å²) >= 11 is 1.71. The predicted octanol–water partition coefficient (Wildman–Crippen LogP) is 4.65. The number of fused-ring (bicyclic) bond motifs is 1. The molecule has 27 heavy (non-hydrogen) atoms. The van der Waals surface area contributed by atoms with Gasteiger partial charge in [-0.05, 0) is 42.7 Å². The largest absolute Gasteiger partial charge is 0.315 e. The van der Waals surface area contributed by atoms with E-state index in [0.29, 0.717) is 6.42 Å². The lowest BCUT2D eigenvalue weighted by Crippen LogP contribution is -2.31. The number of carbonyl (C=O) groups excluding carboxylic acids is 1. The second-order valence-corrected chi connectivity index (χ2v) is 7.75. The summed E-state index contributed by atoms with van der Waals surface area (Å²) in [6.07, 6.45) is 5.15. The lowest BCUT2D eigenvalue weighted by molar-refractivity contribution is -0.118. The molecule has 4 rings (SSSR count). The highest BCUT2D eigenvalue weighted by molar-refractivity contribution is 7.98. The van der Waals surface area contributed by atoms with Crippen molar-refractivity contribution in [2.24, 2.45) is 0 Å². The molecular formula is C22H21N3OS. The molecule has 3 heterocycles. The SMILES string of the molecule is Cc1cccc(SCc2cncc(-c3cccc4c3N(C)C(=O)CC4)c2)n1. The number of thioether (sulfide) groups is 1. The number of anilines is 1. The molecule has 1 aliphatic rings. The zero-order valence-corrected chi connectivity index (χ0v) is 16.3. The molecule has 0 atom stereocenters. The van der Waals surface area contributed by atoms with Crippen molar-refractivity contribution in [3.8, 4) is 11.1 Å². The summed E-state index contributed by atoms with van der Waals surface area (Å²) in [5.74, 6) is 0.973. The van der Waals surface area contributed by atoms with Crippen molar-refractivity contribution in [3.05, 3.63) is 71.7 Å². The van der Waals surface area contributed by atoms with Crippen LogP contribution in [0.25, 0.3) is 11.1 Å². The van der Waals surface area contributed by atoms with Gasteiger partial charge in [0.15, 0.2) is 0 Å². The summed E-state index contributed by atoms with van der Waals surface area (Å²) in [6, 6.07) is 14.5. The molecule has 0 bridgehead atoms. The molecule has 0 aliphatic carbocycles. The molecule has 0 spiro atoms. The van der Waals surface area contributed by atoms with Gasteiger partial charge in [-0.3, -0.25) is 9.78 Å². The smallest absolute Gasteiger partial charge is 0.227 e. The number of aromatic nitrogens is 2. The van der Waals surface area contributed by atoms with E-state index < -0.39 is 0 Å². The Balaban J connectivity index is 1.63. The highest BCUT2D eigenvalue weighted by Gasteiger charge is 2.24. The van der Waals surface area contributed by atoms with Crippen molar-refractivity contribution in [2.45, 2.75) is 30.5 Å². The molecule has 1 amide bonds. The summed E-state index contributed by atoms with van der Waals surface area (Å²) < 4.78 is 0. The third-order valence-electron chi connectivity index (χ3n) is 4.79. The van der Waals surface area contributed by atoms with Gasteiger partial charge in [-0.2, -0.15) is 0 Å². The third-order valence-corrected chi connectivity index (χ3v) is 5.79. The zero-order chi connectivity index (χ0) is 18.8. The second kappa shape index (κ2) is 7.53. The van der Waals surface area contributed by atoms with Gasteiger partial charge in [-0.1, -0.05) is 24.3 Å². The lowest BCUT2D eigenvalue weighted by atomic mass is 9.94. The Hall–Kier alpha value is -2.66. The molecule has 1 aliphatic heterocycles. The number of benzene rings is 1. The number of amides is 1. The minimum absolute atomic E-state index is 0.167. The van der Waals surface area contributed by atoms with Crippen molar-refractivity contribution in [1.82, 2.24) is 9.97 Å². The van der Waals surface area contributed by atoms with Crippen molar-refractivity contribution < 1.29 is 4.79 Å². The van der Waals surface area contributed by atoms with Crippen LogP contribution >= 0.6 is 11.8 Å². The Morgan fingerprint density at radius 2 is 1.96 bits per heavy atom. The van der Waals surface area contributed by atoms with Gasteiger partial charge in [0.25, 0.3) is 0 Å². The van der Waals surface area contributed by atoms with Gasteiger partial charge in [0.2, 0.25) is 5.91 Å². The molecule has 0 fully saturated rings. The van der Waals surface area contributed by atoms with E-state index in [2.05, 4.69) is 34.2 Å². The molecule has 1 aromatic carbocycles. The first kappa shape index (κ1) is 17.7. The van der Waals surface area contributed by atoms with Crippen LogP contribution in [0.1, 0.15) is 23.2 Å². The highest BCUT2D eigenvalue weighted by atomic mass is 32.2. The fraction of sp³-hybridized carbons (Fsp3) is 0.227. The van der Waals surface area contributed by atoms with E-state index in [4.69, 9.17) is 0 Å². The maximum atomic E-state index is 12.2. The summed E-state index contributed by atoms with van der Waals surface area (Å²) in [4.78, 5) is 23.0. The first-order chi connectivity index (χ1) is 13.1. The number of pyridine rings is 2. The number of hydrogen-bond acceptors (Lipinski definition) is 4. The summed E-state index contributed by atoms with van der Waals surface area (Å²) in [6.45, 7) is 2.00. The molecule has 2 aromatic heterocycles. The van der Waals surface area contributed by atoms with Gasteiger partial charge in [-0.25, -0.2) is 4.98 Å². The van der Waals surface area contributed by atoms with E-state index in [1.807, 2.05) is 44.6 Å². The number of nitrogens with zero attached hydrogens (tertiary/aromatic N) is 3. The van der Waals surface area contributed by atoms with Crippen LogP contribution in [-0.2, 0) is 17.0 Å². The minimum atomic E-state index is 0.167. The Labute approximate surface area is 163 Å². The van der Waals surface area contributed by atoms with Crippen LogP contribution in [0.15, 0.2) is 59.9 Å².